The average molecular weight is 337 g/mol. The molecule has 0 spiro atoms. The van der Waals surface area contributed by atoms with Crippen LogP contribution < -0.4 is 0 Å². The number of rotatable bonds is 6. The van der Waals surface area contributed by atoms with Crippen molar-refractivity contribution in [2.24, 2.45) is 5.92 Å². The maximum absolute atomic E-state index is 12.3. The van der Waals surface area contributed by atoms with Crippen molar-refractivity contribution >= 4 is 28.3 Å². The minimum absolute atomic E-state index is 0.0602. The standard InChI is InChI=1S/C17H14F3NOS/c18-17(19,20)23-11-12(10-21)8-9-16(22)15-7-3-5-13-4-1-2-6-14(13)15/h1-7,12H,8-9,11H2. The summed E-state index contributed by atoms with van der Waals surface area (Å²) >= 11 is -0.218. The molecular formula is C17H14F3NOS. The predicted octanol–water partition coefficient (Wildman–Crippen LogP) is 5.20. The molecule has 0 aliphatic heterocycles. The highest BCUT2D eigenvalue weighted by atomic mass is 32.2. The van der Waals surface area contributed by atoms with E-state index in [1.54, 1.807) is 12.1 Å². The van der Waals surface area contributed by atoms with E-state index in [1.165, 1.54) is 0 Å². The second-order valence-electron chi connectivity index (χ2n) is 5.07. The third-order valence-electron chi connectivity index (χ3n) is 3.44. The first-order valence-corrected chi connectivity index (χ1v) is 8.00. The maximum Gasteiger partial charge on any atom is 0.441 e. The quantitative estimate of drug-likeness (QED) is 0.681. The molecule has 1 unspecified atom stereocenters. The van der Waals surface area contributed by atoms with E-state index < -0.39 is 11.4 Å². The average Bonchev–Trinajstić information content (AvgIpc) is 2.53. The Labute approximate surface area is 136 Å². The Morgan fingerprint density at radius 1 is 1.17 bits per heavy atom. The minimum Gasteiger partial charge on any atom is -0.294 e. The molecule has 0 aliphatic carbocycles. The van der Waals surface area contributed by atoms with Crippen LogP contribution in [0.2, 0.25) is 0 Å². The van der Waals surface area contributed by atoms with Crippen molar-refractivity contribution in [1.82, 2.24) is 0 Å². The summed E-state index contributed by atoms with van der Waals surface area (Å²) in [7, 11) is 0. The number of hydrogen-bond acceptors (Lipinski definition) is 3. The van der Waals surface area contributed by atoms with Gasteiger partial charge in [-0.3, -0.25) is 4.79 Å². The first-order valence-electron chi connectivity index (χ1n) is 7.02. The summed E-state index contributed by atoms with van der Waals surface area (Å²) < 4.78 is 36.5. The molecular weight excluding hydrogens is 323 g/mol. The summed E-state index contributed by atoms with van der Waals surface area (Å²) in [4.78, 5) is 12.3. The van der Waals surface area contributed by atoms with Crippen molar-refractivity contribution in [3.63, 3.8) is 0 Å². The molecule has 2 aromatic carbocycles. The Morgan fingerprint density at radius 3 is 2.57 bits per heavy atom. The smallest absolute Gasteiger partial charge is 0.294 e. The number of thioether (sulfide) groups is 1. The fraction of sp³-hybridized carbons (Fsp3) is 0.294. The lowest BCUT2D eigenvalue weighted by Crippen LogP contribution is -2.10. The lowest BCUT2D eigenvalue weighted by molar-refractivity contribution is -0.0329. The molecule has 2 rings (SSSR count). The van der Waals surface area contributed by atoms with Crippen LogP contribution in [0.15, 0.2) is 42.5 Å². The van der Waals surface area contributed by atoms with Gasteiger partial charge in [-0.15, -0.1) is 0 Å². The lowest BCUT2D eigenvalue weighted by atomic mass is 9.96. The second kappa shape index (κ2) is 7.51. The molecule has 1 atom stereocenters. The SMILES string of the molecule is N#CC(CCC(=O)c1cccc2ccccc12)CSC(F)(F)F. The zero-order chi connectivity index (χ0) is 16.9. The number of benzene rings is 2. The van der Waals surface area contributed by atoms with Crippen LogP contribution in [0.1, 0.15) is 23.2 Å². The van der Waals surface area contributed by atoms with Gasteiger partial charge < -0.3 is 0 Å². The molecule has 0 fully saturated rings. The van der Waals surface area contributed by atoms with Gasteiger partial charge >= 0.3 is 5.51 Å². The Hall–Kier alpha value is -2.00. The maximum atomic E-state index is 12.3. The molecule has 0 amide bonds. The Bertz CT molecular complexity index is 731. The lowest BCUT2D eigenvalue weighted by Gasteiger charge is -2.11. The van der Waals surface area contributed by atoms with Crippen molar-refractivity contribution in [2.45, 2.75) is 18.3 Å². The van der Waals surface area contributed by atoms with Crippen molar-refractivity contribution in [3.05, 3.63) is 48.0 Å². The fourth-order valence-corrected chi connectivity index (χ4v) is 2.92. The number of carbonyl (C=O) groups is 1. The third-order valence-corrected chi connectivity index (χ3v) is 4.34. The molecule has 6 heteroatoms. The third kappa shape index (κ3) is 5.00. The Balaban J connectivity index is 2.02. The largest absolute Gasteiger partial charge is 0.441 e. The van der Waals surface area contributed by atoms with E-state index in [1.807, 2.05) is 36.4 Å². The van der Waals surface area contributed by atoms with Gasteiger partial charge in [0.1, 0.15) is 0 Å². The van der Waals surface area contributed by atoms with Crippen LogP contribution >= 0.6 is 11.8 Å². The zero-order valence-electron chi connectivity index (χ0n) is 12.1. The van der Waals surface area contributed by atoms with E-state index in [0.29, 0.717) is 5.56 Å². The summed E-state index contributed by atoms with van der Waals surface area (Å²) in [5, 5.41) is 10.7. The molecule has 0 aliphatic rings. The molecule has 0 heterocycles. The van der Waals surface area contributed by atoms with Crippen LogP contribution in [0.5, 0.6) is 0 Å². The van der Waals surface area contributed by atoms with Crippen molar-refractivity contribution < 1.29 is 18.0 Å². The van der Waals surface area contributed by atoms with Gasteiger partial charge in [-0.05, 0) is 29.0 Å². The molecule has 0 N–H and O–H groups in total. The van der Waals surface area contributed by atoms with E-state index in [9.17, 15) is 18.0 Å². The van der Waals surface area contributed by atoms with Crippen LogP contribution in [0.25, 0.3) is 10.8 Å². The number of nitriles is 1. The molecule has 2 aromatic rings. The summed E-state index contributed by atoms with van der Waals surface area (Å²) in [5.74, 6) is -1.29. The minimum atomic E-state index is -4.35. The first-order chi connectivity index (χ1) is 10.9. The van der Waals surface area contributed by atoms with Gasteiger partial charge in [-0.2, -0.15) is 18.4 Å². The highest BCUT2D eigenvalue weighted by Gasteiger charge is 2.29. The highest BCUT2D eigenvalue weighted by molar-refractivity contribution is 8.00. The Kier molecular flexibility index (Phi) is 5.67. The van der Waals surface area contributed by atoms with Crippen LogP contribution in [0.4, 0.5) is 13.2 Å². The zero-order valence-corrected chi connectivity index (χ0v) is 13.0. The van der Waals surface area contributed by atoms with Crippen LogP contribution in [0, 0.1) is 17.2 Å². The molecule has 23 heavy (non-hydrogen) atoms. The molecule has 0 bridgehead atoms. The van der Waals surface area contributed by atoms with Gasteiger partial charge in [-0.25, -0.2) is 0 Å². The van der Waals surface area contributed by atoms with Gasteiger partial charge in [0.05, 0.1) is 12.0 Å². The van der Waals surface area contributed by atoms with Gasteiger partial charge in [-0.1, -0.05) is 42.5 Å². The van der Waals surface area contributed by atoms with Gasteiger partial charge in [0.25, 0.3) is 0 Å². The fourth-order valence-electron chi connectivity index (χ4n) is 2.29. The summed E-state index contributed by atoms with van der Waals surface area (Å²) in [5.41, 5.74) is -3.81. The number of alkyl halides is 3. The topological polar surface area (TPSA) is 40.9 Å². The van der Waals surface area contributed by atoms with Crippen LogP contribution in [-0.4, -0.2) is 17.0 Å². The Morgan fingerprint density at radius 2 is 1.87 bits per heavy atom. The normalized spacial score (nSPS) is 12.8. The summed E-state index contributed by atoms with van der Waals surface area (Å²) in [6, 6.07) is 14.7. The second-order valence-corrected chi connectivity index (χ2v) is 6.16. The summed E-state index contributed by atoms with van der Waals surface area (Å²) in [6.45, 7) is 0. The van der Waals surface area contributed by atoms with E-state index in [0.717, 1.165) is 10.8 Å². The number of carbonyl (C=O) groups excluding carboxylic acids is 1. The molecule has 0 aromatic heterocycles. The number of Topliss-reactive ketones (excluding diaryl/α,β-unsaturated/α-hetero) is 1. The number of nitrogens with zero attached hydrogens (tertiary/aromatic N) is 1. The van der Waals surface area contributed by atoms with E-state index in [2.05, 4.69) is 0 Å². The highest BCUT2D eigenvalue weighted by Crippen LogP contribution is 2.32. The molecule has 0 saturated carbocycles. The van der Waals surface area contributed by atoms with Crippen molar-refractivity contribution in [2.75, 3.05) is 5.75 Å². The molecule has 2 nitrogen and oxygen atoms in total. The predicted molar refractivity (Wildman–Crippen MR) is 85.1 cm³/mol. The molecule has 0 saturated heterocycles. The first kappa shape index (κ1) is 17.4. The van der Waals surface area contributed by atoms with Gasteiger partial charge in [0.15, 0.2) is 5.78 Å². The number of halogens is 3. The molecule has 0 radical (unpaired) electrons. The van der Waals surface area contributed by atoms with Gasteiger partial charge in [0, 0.05) is 17.7 Å². The molecule has 120 valence electrons. The van der Waals surface area contributed by atoms with E-state index >= 15 is 0 Å². The number of hydrogen-bond donors (Lipinski definition) is 0. The van der Waals surface area contributed by atoms with E-state index in [4.69, 9.17) is 5.26 Å². The van der Waals surface area contributed by atoms with E-state index in [-0.39, 0.29) is 36.1 Å². The van der Waals surface area contributed by atoms with Gasteiger partial charge in [0.2, 0.25) is 0 Å². The monoisotopic (exact) mass is 337 g/mol. The van der Waals surface area contributed by atoms with Crippen molar-refractivity contribution in [3.8, 4) is 6.07 Å². The van der Waals surface area contributed by atoms with Crippen LogP contribution in [0.3, 0.4) is 0 Å². The van der Waals surface area contributed by atoms with Crippen LogP contribution in [-0.2, 0) is 0 Å². The summed E-state index contributed by atoms with van der Waals surface area (Å²) in [6.07, 6.45) is 0.187. The van der Waals surface area contributed by atoms with Crippen molar-refractivity contribution in [1.29, 1.82) is 5.26 Å². The number of fused-ring (bicyclic) bond motifs is 1. The number of ketones is 1.